The van der Waals surface area contributed by atoms with Crippen LogP contribution in [0.25, 0.3) is 0 Å². The van der Waals surface area contributed by atoms with Crippen LogP contribution in [0.3, 0.4) is 0 Å². The van der Waals surface area contributed by atoms with E-state index in [0.29, 0.717) is 6.42 Å². The van der Waals surface area contributed by atoms with Gasteiger partial charge in [-0.15, -0.1) is 0 Å². The fourth-order valence-electron chi connectivity index (χ4n) is 1.13. The van der Waals surface area contributed by atoms with E-state index in [0.717, 1.165) is 13.0 Å². The van der Waals surface area contributed by atoms with Gasteiger partial charge in [0.25, 0.3) is 0 Å². The third-order valence-corrected chi connectivity index (χ3v) is 1.69. The summed E-state index contributed by atoms with van der Waals surface area (Å²) < 4.78 is 12.6. The minimum absolute atomic E-state index is 0.461. The summed E-state index contributed by atoms with van der Waals surface area (Å²) in [7, 11) is 0. The van der Waals surface area contributed by atoms with E-state index in [1.165, 1.54) is 0 Å². The van der Waals surface area contributed by atoms with Crippen LogP contribution in [0.15, 0.2) is 0 Å². The molecule has 1 fully saturated rings. The van der Waals surface area contributed by atoms with Crippen LogP contribution in [-0.2, 0) is 4.79 Å². The van der Waals surface area contributed by atoms with E-state index in [2.05, 4.69) is 5.32 Å². The zero-order chi connectivity index (χ0) is 7.56. The van der Waals surface area contributed by atoms with Crippen molar-refractivity contribution in [3.05, 3.63) is 0 Å². The number of hydrogen-bond acceptors (Lipinski definition) is 2. The van der Waals surface area contributed by atoms with Gasteiger partial charge in [-0.25, -0.2) is 9.18 Å². The average molecular weight is 147 g/mol. The van der Waals surface area contributed by atoms with Crippen LogP contribution >= 0.6 is 0 Å². The molecule has 0 saturated carbocycles. The number of hydrogen-bond donors (Lipinski definition) is 2. The second kappa shape index (κ2) is 2.96. The van der Waals surface area contributed by atoms with Gasteiger partial charge in [0.1, 0.15) is 0 Å². The lowest BCUT2D eigenvalue weighted by atomic mass is 10.1. The molecule has 4 heteroatoms. The summed E-state index contributed by atoms with van der Waals surface area (Å²) in [4.78, 5) is 10.1. The summed E-state index contributed by atoms with van der Waals surface area (Å²) in [5, 5.41) is 11.0. The highest BCUT2D eigenvalue weighted by Gasteiger charge is 2.29. The standard InChI is InChI=1S/C6H10FNO2/c7-5(6(9)10)4-2-1-3-8-4/h4-5,8H,1-3H2,(H,9,10). The SMILES string of the molecule is O=C(O)C(F)C1CCCN1. The molecule has 0 amide bonds. The Hall–Kier alpha value is -0.640. The first-order chi connectivity index (χ1) is 4.72. The van der Waals surface area contributed by atoms with Crippen molar-refractivity contribution in [1.29, 1.82) is 0 Å². The lowest BCUT2D eigenvalue weighted by Crippen LogP contribution is -2.37. The normalized spacial score (nSPS) is 28.3. The Bertz CT molecular complexity index is 134. The lowest BCUT2D eigenvalue weighted by Gasteiger charge is -2.10. The molecule has 58 valence electrons. The van der Waals surface area contributed by atoms with Gasteiger partial charge in [0.2, 0.25) is 6.17 Å². The summed E-state index contributed by atoms with van der Waals surface area (Å²) in [6.45, 7) is 0.734. The van der Waals surface area contributed by atoms with E-state index in [-0.39, 0.29) is 0 Å². The molecule has 0 aromatic rings. The number of carboxylic acids is 1. The van der Waals surface area contributed by atoms with Crippen LogP contribution in [0.1, 0.15) is 12.8 Å². The summed E-state index contributed by atoms with van der Waals surface area (Å²) in [6, 6.07) is -0.461. The highest BCUT2D eigenvalue weighted by Crippen LogP contribution is 2.11. The van der Waals surface area contributed by atoms with Crippen molar-refractivity contribution in [3.8, 4) is 0 Å². The van der Waals surface area contributed by atoms with E-state index < -0.39 is 18.2 Å². The van der Waals surface area contributed by atoms with Gasteiger partial charge in [-0.2, -0.15) is 0 Å². The average Bonchev–Trinajstić information content (AvgIpc) is 2.36. The zero-order valence-corrected chi connectivity index (χ0v) is 5.51. The number of carboxylic acid groups (broad SMARTS) is 1. The number of halogens is 1. The fraction of sp³-hybridized carbons (Fsp3) is 0.833. The Morgan fingerprint density at radius 3 is 2.90 bits per heavy atom. The van der Waals surface area contributed by atoms with Crippen LogP contribution in [0.4, 0.5) is 4.39 Å². The van der Waals surface area contributed by atoms with Crippen LogP contribution < -0.4 is 5.32 Å². The third-order valence-electron chi connectivity index (χ3n) is 1.69. The first-order valence-electron chi connectivity index (χ1n) is 3.32. The molecule has 1 rings (SSSR count). The number of nitrogens with one attached hydrogen (secondary N) is 1. The monoisotopic (exact) mass is 147 g/mol. The molecule has 2 atom stereocenters. The minimum atomic E-state index is -1.73. The van der Waals surface area contributed by atoms with E-state index in [4.69, 9.17) is 5.11 Å². The second-order valence-electron chi connectivity index (χ2n) is 2.44. The Morgan fingerprint density at radius 1 is 1.80 bits per heavy atom. The first kappa shape index (κ1) is 7.47. The molecule has 0 aromatic carbocycles. The van der Waals surface area contributed by atoms with Crippen molar-refractivity contribution < 1.29 is 14.3 Å². The number of rotatable bonds is 2. The van der Waals surface area contributed by atoms with E-state index in [1.807, 2.05) is 0 Å². The van der Waals surface area contributed by atoms with Gasteiger partial charge < -0.3 is 10.4 Å². The predicted octanol–water partition coefficient (Wildman–Crippen LogP) is 0.161. The molecule has 0 radical (unpaired) electrons. The fourth-order valence-corrected chi connectivity index (χ4v) is 1.13. The summed E-state index contributed by atoms with van der Waals surface area (Å²) >= 11 is 0. The molecule has 1 heterocycles. The van der Waals surface area contributed by atoms with Crippen LogP contribution in [-0.4, -0.2) is 29.8 Å². The predicted molar refractivity (Wildman–Crippen MR) is 33.6 cm³/mol. The Balaban J connectivity index is 2.39. The molecule has 0 bridgehead atoms. The molecule has 10 heavy (non-hydrogen) atoms. The summed E-state index contributed by atoms with van der Waals surface area (Å²) in [5.74, 6) is -1.36. The van der Waals surface area contributed by atoms with Crippen LogP contribution in [0.5, 0.6) is 0 Å². The summed E-state index contributed by atoms with van der Waals surface area (Å²) in [5.41, 5.74) is 0. The summed E-state index contributed by atoms with van der Waals surface area (Å²) in [6.07, 6.45) is -0.228. The van der Waals surface area contributed by atoms with Gasteiger partial charge in [0, 0.05) is 6.04 Å². The Labute approximate surface area is 58.2 Å². The molecule has 1 aliphatic rings. The molecule has 0 aliphatic carbocycles. The van der Waals surface area contributed by atoms with Gasteiger partial charge in [-0.3, -0.25) is 0 Å². The van der Waals surface area contributed by atoms with Gasteiger partial charge >= 0.3 is 5.97 Å². The highest BCUT2D eigenvalue weighted by molar-refractivity contribution is 5.73. The van der Waals surface area contributed by atoms with Gasteiger partial charge in [-0.05, 0) is 19.4 Å². The molecule has 0 spiro atoms. The second-order valence-corrected chi connectivity index (χ2v) is 2.44. The number of aliphatic carboxylic acids is 1. The van der Waals surface area contributed by atoms with Crippen molar-refractivity contribution in [2.24, 2.45) is 0 Å². The lowest BCUT2D eigenvalue weighted by molar-refractivity contribution is -0.143. The third kappa shape index (κ3) is 1.44. The number of carbonyl (C=O) groups is 1. The Morgan fingerprint density at radius 2 is 2.50 bits per heavy atom. The highest BCUT2D eigenvalue weighted by atomic mass is 19.1. The van der Waals surface area contributed by atoms with Gasteiger partial charge in [0.15, 0.2) is 0 Å². The van der Waals surface area contributed by atoms with Gasteiger partial charge in [0.05, 0.1) is 0 Å². The smallest absolute Gasteiger partial charge is 0.339 e. The maximum absolute atomic E-state index is 12.6. The van der Waals surface area contributed by atoms with Crippen molar-refractivity contribution in [2.45, 2.75) is 25.1 Å². The van der Waals surface area contributed by atoms with Crippen LogP contribution in [0, 0.1) is 0 Å². The molecule has 2 N–H and O–H groups in total. The quantitative estimate of drug-likeness (QED) is 0.585. The topological polar surface area (TPSA) is 49.3 Å². The van der Waals surface area contributed by atoms with Gasteiger partial charge in [-0.1, -0.05) is 0 Å². The van der Waals surface area contributed by atoms with Crippen molar-refractivity contribution in [1.82, 2.24) is 5.32 Å². The van der Waals surface area contributed by atoms with E-state index in [1.54, 1.807) is 0 Å². The molecule has 1 aliphatic heterocycles. The molecule has 2 unspecified atom stereocenters. The van der Waals surface area contributed by atoms with Crippen molar-refractivity contribution >= 4 is 5.97 Å². The van der Waals surface area contributed by atoms with Crippen molar-refractivity contribution in [3.63, 3.8) is 0 Å². The number of alkyl halides is 1. The minimum Gasteiger partial charge on any atom is -0.479 e. The molecular weight excluding hydrogens is 137 g/mol. The van der Waals surface area contributed by atoms with Crippen LogP contribution in [0.2, 0.25) is 0 Å². The molecule has 0 aromatic heterocycles. The Kier molecular flexibility index (Phi) is 2.21. The molecular formula is C6H10FNO2. The molecule has 1 saturated heterocycles. The first-order valence-corrected chi connectivity index (χ1v) is 3.32. The van der Waals surface area contributed by atoms with Crippen molar-refractivity contribution in [2.75, 3.05) is 6.54 Å². The van der Waals surface area contributed by atoms with E-state index in [9.17, 15) is 9.18 Å². The largest absolute Gasteiger partial charge is 0.479 e. The maximum Gasteiger partial charge on any atom is 0.339 e. The maximum atomic E-state index is 12.6. The van der Waals surface area contributed by atoms with E-state index >= 15 is 0 Å². The zero-order valence-electron chi connectivity index (χ0n) is 5.51. The molecule has 3 nitrogen and oxygen atoms in total.